The van der Waals surface area contributed by atoms with E-state index < -0.39 is 0 Å². The summed E-state index contributed by atoms with van der Waals surface area (Å²) >= 11 is 5.04. The molecule has 3 aromatic heterocycles. The van der Waals surface area contributed by atoms with Crippen LogP contribution in [0.2, 0.25) is 0 Å². The molecule has 0 N–H and O–H groups in total. The molecule has 19 heavy (non-hydrogen) atoms. The fourth-order valence-corrected chi connectivity index (χ4v) is 2.66. The zero-order valence-electron chi connectivity index (χ0n) is 10.2. The minimum atomic E-state index is 0.634. The van der Waals surface area contributed by atoms with Crippen molar-refractivity contribution < 1.29 is 4.52 Å². The quantitative estimate of drug-likeness (QED) is 0.732. The smallest absolute Gasteiger partial charge is 0.228 e. The standard InChI is InChI=1S/C12H11BrN4OS/c1-8-9(13)7-14-17(8)5-4-11-15-12(16-18-11)10-3-2-6-19-10/h2-3,6-7H,4-5H2,1H3. The third kappa shape index (κ3) is 2.62. The summed E-state index contributed by atoms with van der Waals surface area (Å²) in [6, 6.07) is 3.95. The Morgan fingerprint density at radius 1 is 1.47 bits per heavy atom. The summed E-state index contributed by atoms with van der Waals surface area (Å²) in [5.41, 5.74) is 1.10. The van der Waals surface area contributed by atoms with Gasteiger partial charge in [-0.15, -0.1) is 11.3 Å². The fraction of sp³-hybridized carbons (Fsp3) is 0.250. The van der Waals surface area contributed by atoms with Crippen LogP contribution < -0.4 is 0 Å². The third-order valence-electron chi connectivity index (χ3n) is 2.79. The van der Waals surface area contributed by atoms with Crippen molar-refractivity contribution in [2.75, 3.05) is 0 Å². The number of rotatable bonds is 4. The molecule has 0 aromatic carbocycles. The number of nitrogens with zero attached hydrogens (tertiary/aromatic N) is 4. The molecule has 0 aliphatic rings. The molecular formula is C12H11BrN4OS. The minimum Gasteiger partial charge on any atom is -0.339 e. The second kappa shape index (κ2) is 5.26. The van der Waals surface area contributed by atoms with Crippen LogP contribution in [0.5, 0.6) is 0 Å². The number of aryl methyl sites for hydroxylation is 2. The Morgan fingerprint density at radius 2 is 2.37 bits per heavy atom. The molecule has 0 aliphatic heterocycles. The van der Waals surface area contributed by atoms with Crippen LogP contribution in [-0.2, 0) is 13.0 Å². The van der Waals surface area contributed by atoms with Gasteiger partial charge in [-0.05, 0) is 34.3 Å². The van der Waals surface area contributed by atoms with Crippen LogP contribution in [0.1, 0.15) is 11.6 Å². The second-order valence-corrected chi connectivity index (χ2v) is 5.84. The Kier molecular flexibility index (Phi) is 3.48. The van der Waals surface area contributed by atoms with Crippen molar-refractivity contribution in [1.29, 1.82) is 0 Å². The highest BCUT2D eigenvalue weighted by atomic mass is 79.9. The van der Waals surface area contributed by atoms with Crippen LogP contribution in [-0.4, -0.2) is 19.9 Å². The van der Waals surface area contributed by atoms with Crippen LogP contribution in [0.25, 0.3) is 10.7 Å². The van der Waals surface area contributed by atoms with Crippen molar-refractivity contribution >= 4 is 27.3 Å². The molecule has 0 aliphatic carbocycles. The maximum Gasteiger partial charge on any atom is 0.228 e. The maximum absolute atomic E-state index is 5.25. The lowest BCUT2D eigenvalue weighted by Gasteiger charge is -2.01. The Morgan fingerprint density at radius 3 is 3.05 bits per heavy atom. The predicted octanol–water partition coefficient (Wildman–Crippen LogP) is 3.31. The molecule has 5 nitrogen and oxygen atoms in total. The zero-order valence-corrected chi connectivity index (χ0v) is 12.6. The summed E-state index contributed by atoms with van der Waals surface area (Å²) in [6.07, 6.45) is 2.47. The lowest BCUT2D eigenvalue weighted by Crippen LogP contribution is -2.05. The molecular weight excluding hydrogens is 328 g/mol. The van der Waals surface area contributed by atoms with Gasteiger partial charge in [-0.3, -0.25) is 4.68 Å². The van der Waals surface area contributed by atoms with Crippen LogP contribution in [0.15, 0.2) is 32.7 Å². The van der Waals surface area contributed by atoms with Crippen LogP contribution in [0.3, 0.4) is 0 Å². The van der Waals surface area contributed by atoms with Gasteiger partial charge in [0.2, 0.25) is 11.7 Å². The molecule has 0 bridgehead atoms. The highest BCUT2D eigenvalue weighted by Gasteiger charge is 2.10. The fourth-order valence-electron chi connectivity index (χ4n) is 1.71. The highest BCUT2D eigenvalue weighted by molar-refractivity contribution is 9.10. The largest absolute Gasteiger partial charge is 0.339 e. The van der Waals surface area contributed by atoms with E-state index in [1.807, 2.05) is 29.1 Å². The number of thiophene rings is 1. The molecule has 3 heterocycles. The lowest BCUT2D eigenvalue weighted by atomic mass is 10.4. The molecule has 0 radical (unpaired) electrons. The van der Waals surface area contributed by atoms with Crippen molar-refractivity contribution in [3.05, 3.63) is 39.8 Å². The average Bonchev–Trinajstić information content (AvgIpc) is 3.11. The van der Waals surface area contributed by atoms with Crippen molar-refractivity contribution in [2.45, 2.75) is 19.9 Å². The van der Waals surface area contributed by atoms with Gasteiger partial charge in [-0.25, -0.2) is 0 Å². The summed E-state index contributed by atoms with van der Waals surface area (Å²) in [7, 11) is 0. The van der Waals surface area contributed by atoms with E-state index in [4.69, 9.17) is 4.52 Å². The van der Waals surface area contributed by atoms with E-state index in [1.54, 1.807) is 17.5 Å². The first-order chi connectivity index (χ1) is 9.24. The van der Waals surface area contributed by atoms with Crippen molar-refractivity contribution in [3.63, 3.8) is 0 Å². The van der Waals surface area contributed by atoms with Gasteiger partial charge in [-0.1, -0.05) is 11.2 Å². The number of hydrogen-bond donors (Lipinski definition) is 0. The molecule has 0 saturated heterocycles. The Balaban J connectivity index is 1.69. The van der Waals surface area contributed by atoms with Gasteiger partial charge in [0, 0.05) is 12.1 Å². The van der Waals surface area contributed by atoms with Gasteiger partial charge >= 0.3 is 0 Å². The van der Waals surface area contributed by atoms with Crippen molar-refractivity contribution in [2.24, 2.45) is 0 Å². The Hall–Kier alpha value is -1.47. The Bertz CT molecular complexity index is 674. The summed E-state index contributed by atoms with van der Waals surface area (Å²) < 4.78 is 8.18. The molecule has 0 unspecified atom stereocenters. The number of hydrogen-bond acceptors (Lipinski definition) is 5. The molecule has 98 valence electrons. The maximum atomic E-state index is 5.25. The number of aromatic nitrogens is 4. The molecule has 3 rings (SSSR count). The monoisotopic (exact) mass is 338 g/mol. The topological polar surface area (TPSA) is 56.7 Å². The third-order valence-corrected chi connectivity index (χ3v) is 4.43. The van der Waals surface area contributed by atoms with E-state index >= 15 is 0 Å². The predicted molar refractivity (Wildman–Crippen MR) is 76.0 cm³/mol. The van der Waals surface area contributed by atoms with E-state index in [9.17, 15) is 0 Å². The highest BCUT2D eigenvalue weighted by Crippen LogP contribution is 2.21. The van der Waals surface area contributed by atoms with Crippen LogP contribution in [0.4, 0.5) is 0 Å². The SMILES string of the molecule is Cc1c(Br)cnn1CCc1nc(-c2cccs2)no1. The summed E-state index contributed by atoms with van der Waals surface area (Å²) in [5.74, 6) is 1.29. The van der Waals surface area contributed by atoms with E-state index in [0.717, 1.165) is 21.6 Å². The number of halogens is 1. The molecule has 3 aromatic rings. The van der Waals surface area contributed by atoms with Crippen molar-refractivity contribution in [1.82, 2.24) is 19.9 Å². The van der Waals surface area contributed by atoms with Gasteiger partial charge in [-0.2, -0.15) is 10.1 Å². The minimum absolute atomic E-state index is 0.634. The molecule has 0 atom stereocenters. The molecule has 7 heteroatoms. The molecule has 0 saturated carbocycles. The normalized spacial score (nSPS) is 11.1. The van der Waals surface area contributed by atoms with Crippen LogP contribution >= 0.6 is 27.3 Å². The van der Waals surface area contributed by atoms with E-state index in [1.165, 1.54) is 0 Å². The van der Waals surface area contributed by atoms with Gasteiger partial charge in [0.1, 0.15) is 0 Å². The zero-order chi connectivity index (χ0) is 13.2. The Labute approximate surface area is 122 Å². The second-order valence-electron chi connectivity index (χ2n) is 4.04. The first kappa shape index (κ1) is 12.6. The van der Waals surface area contributed by atoms with E-state index in [-0.39, 0.29) is 0 Å². The van der Waals surface area contributed by atoms with Crippen molar-refractivity contribution in [3.8, 4) is 10.7 Å². The van der Waals surface area contributed by atoms with Gasteiger partial charge in [0.05, 0.1) is 22.1 Å². The molecule has 0 spiro atoms. The summed E-state index contributed by atoms with van der Waals surface area (Å²) in [5, 5.41) is 10.2. The van der Waals surface area contributed by atoms with Crippen LogP contribution in [0, 0.1) is 6.92 Å². The first-order valence-corrected chi connectivity index (χ1v) is 7.45. The van der Waals surface area contributed by atoms with E-state index in [2.05, 4.69) is 31.2 Å². The van der Waals surface area contributed by atoms with E-state index in [0.29, 0.717) is 18.1 Å². The summed E-state index contributed by atoms with van der Waals surface area (Å²) in [4.78, 5) is 5.41. The summed E-state index contributed by atoms with van der Waals surface area (Å²) in [6.45, 7) is 2.74. The van der Waals surface area contributed by atoms with Gasteiger partial charge in [0.25, 0.3) is 0 Å². The molecule has 0 fully saturated rings. The molecule has 0 amide bonds. The average molecular weight is 339 g/mol. The van der Waals surface area contributed by atoms with Gasteiger partial charge < -0.3 is 4.52 Å². The lowest BCUT2D eigenvalue weighted by molar-refractivity contribution is 0.368. The first-order valence-electron chi connectivity index (χ1n) is 5.78. The van der Waals surface area contributed by atoms with Gasteiger partial charge in [0.15, 0.2) is 0 Å².